The molecule has 0 bridgehead atoms. The van der Waals surface area contributed by atoms with Gasteiger partial charge in [-0.25, -0.2) is 0 Å². The van der Waals surface area contributed by atoms with E-state index in [1.54, 1.807) is 6.26 Å². The third-order valence-corrected chi connectivity index (χ3v) is 5.07. The van der Waals surface area contributed by atoms with Gasteiger partial charge in [-0.3, -0.25) is 4.99 Å². The van der Waals surface area contributed by atoms with Gasteiger partial charge in [0.15, 0.2) is 5.96 Å². The summed E-state index contributed by atoms with van der Waals surface area (Å²) in [6.45, 7) is 6.44. The minimum absolute atomic E-state index is 0. The summed E-state index contributed by atoms with van der Waals surface area (Å²) < 4.78 is 16.9. The molecule has 7 nitrogen and oxygen atoms in total. The van der Waals surface area contributed by atoms with Gasteiger partial charge in [0.25, 0.3) is 0 Å². The Hall–Kier alpha value is -1.78. The molecule has 0 saturated carbocycles. The van der Waals surface area contributed by atoms with Gasteiger partial charge >= 0.3 is 0 Å². The van der Waals surface area contributed by atoms with Crippen LogP contribution >= 0.6 is 24.0 Å². The lowest BCUT2D eigenvalue weighted by atomic mass is 10.1. The molecule has 0 amide bonds. The molecule has 2 aromatic rings. The average Bonchev–Trinajstić information content (AvgIpc) is 3.29. The molecule has 1 aliphatic rings. The molecular weight excluding hydrogens is 521 g/mol. The number of halogens is 1. The molecule has 0 aliphatic carbocycles. The van der Waals surface area contributed by atoms with Gasteiger partial charge < -0.3 is 29.6 Å². The number of guanidine groups is 1. The molecule has 1 saturated heterocycles. The van der Waals surface area contributed by atoms with Gasteiger partial charge in [0.1, 0.15) is 11.5 Å². The molecule has 3 rings (SSSR count). The van der Waals surface area contributed by atoms with Gasteiger partial charge in [-0.05, 0) is 62.9 Å². The number of nitrogens with zero attached hydrogens (tertiary/aromatic N) is 1. The number of rotatable bonds is 10. The first-order chi connectivity index (χ1) is 15.1. The highest BCUT2D eigenvalue weighted by Gasteiger charge is 2.15. The summed E-state index contributed by atoms with van der Waals surface area (Å²) in [7, 11) is 0. The average molecular weight is 557 g/mol. The minimum atomic E-state index is -0.692. The highest BCUT2D eigenvalue weighted by molar-refractivity contribution is 14.0. The van der Waals surface area contributed by atoms with Crippen LogP contribution in [0.1, 0.15) is 50.5 Å². The van der Waals surface area contributed by atoms with Crippen LogP contribution in [0.15, 0.2) is 52.1 Å². The van der Waals surface area contributed by atoms with E-state index in [-0.39, 0.29) is 42.7 Å². The number of hydrogen-bond donors (Lipinski definition) is 3. The molecule has 2 unspecified atom stereocenters. The number of benzene rings is 1. The smallest absolute Gasteiger partial charge is 0.191 e. The van der Waals surface area contributed by atoms with Gasteiger partial charge in [0, 0.05) is 26.1 Å². The fourth-order valence-corrected chi connectivity index (χ4v) is 3.44. The van der Waals surface area contributed by atoms with E-state index in [1.165, 1.54) is 6.42 Å². The summed E-state index contributed by atoms with van der Waals surface area (Å²) in [5, 5.41) is 17.3. The van der Waals surface area contributed by atoms with Crippen molar-refractivity contribution in [3.8, 4) is 5.75 Å². The van der Waals surface area contributed by atoms with E-state index >= 15 is 0 Å². The number of nitrogens with one attached hydrogen (secondary N) is 2. The van der Waals surface area contributed by atoms with E-state index in [9.17, 15) is 5.11 Å². The highest BCUT2D eigenvalue weighted by Crippen LogP contribution is 2.19. The Kier molecular flexibility index (Phi) is 11.9. The Balaban J connectivity index is 0.00000363. The van der Waals surface area contributed by atoms with Crippen LogP contribution in [-0.4, -0.2) is 49.5 Å². The predicted octanol–water partition coefficient (Wildman–Crippen LogP) is 4.07. The number of aliphatic imine (C=N–C) groups is 1. The van der Waals surface area contributed by atoms with Crippen LogP contribution in [0.5, 0.6) is 5.75 Å². The van der Waals surface area contributed by atoms with E-state index in [4.69, 9.17) is 13.9 Å². The monoisotopic (exact) mass is 557 g/mol. The molecule has 32 heavy (non-hydrogen) atoms. The molecular formula is C24H36IN3O4. The second-order valence-corrected chi connectivity index (χ2v) is 8.07. The number of furan rings is 1. The number of hydrogen-bond acceptors (Lipinski definition) is 5. The van der Waals surface area contributed by atoms with E-state index in [0.29, 0.717) is 19.0 Å². The van der Waals surface area contributed by atoms with Gasteiger partial charge in [0.2, 0.25) is 0 Å². The summed E-state index contributed by atoms with van der Waals surface area (Å²) in [6, 6.07) is 11.4. The molecule has 2 heterocycles. The minimum Gasteiger partial charge on any atom is -0.491 e. The lowest BCUT2D eigenvalue weighted by Crippen LogP contribution is -2.43. The lowest BCUT2D eigenvalue weighted by molar-refractivity contribution is 0.0194. The summed E-state index contributed by atoms with van der Waals surface area (Å²) in [6.07, 6.45) is 5.44. The number of ether oxygens (including phenoxy) is 2. The number of aliphatic hydroxyl groups excluding tert-OH is 1. The van der Waals surface area contributed by atoms with Crippen LogP contribution in [0, 0.1) is 0 Å². The fourth-order valence-electron chi connectivity index (χ4n) is 3.44. The number of aliphatic hydroxyl groups is 1. The van der Waals surface area contributed by atoms with Crippen molar-refractivity contribution in [3.63, 3.8) is 0 Å². The van der Waals surface area contributed by atoms with Gasteiger partial charge in [0.05, 0.1) is 31.1 Å². The van der Waals surface area contributed by atoms with Crippen LogP contribution in [0.4, 0.5) is 0 Å². The normalized spacial score (nSPS) is 17.5. The predicted molar refractivity (Wildman–Crippen MR) is 137 cm³/mol. The maximum Gasteiger partial charge on any atom is 0.191 e. The van der Waals surface area contributed by atoms with E-state index in [1.807, 2.05) is 50.2 Å². The Bertz CT molecular complexity index is 775. The molecule has 8 heteroatoms. The second-order valence-electron chi connectivity index (χ2n) is 8.07. The van der Waals surface area contributed by atoms with Crippen molar-refractivity contribution in [2.45, 2.75) is 57.8 Å². The maximum absolute atomic E-state index is 10.6. The van der Waals surface area contributed by atoms with Gasteiger partial charge in [-0.2, -0.15) is 0 Å². The van der Waals surface area contributed by atoms with Crippen molar-refractivity contribution < 1.29 is 19.0 Å². The highest BCUT2D eigenvalue weighted by atomic mass is 127. The van der Waals surface area contributed by atoms with Crippen LogP contribution in [0.3, 0.4) is 0 Å². The Labute approximate surface area is 208 Å². The SMILES string of the molecule is CC(C)Oc1ccc(C(O)CN=C(NCCc2ccco2)NCC2CCCCO2)cc1.I. The van der Waals surface area contributed by atoms with Crippen molar-refractivity contribution in [3.05, 3.63) is 54.0 Å². The first-order valence-corrected chi connectivity index (χ1v) is 11.2. The molecule has 0 radical (unpaired) electrons. The van der Waals surface area contributed by atoms with E-state index in [0.717, 1.165) is 42.9 Å². The summed E-state index contributed by atoms with van der Waals surface area (Å²) >= 11 is 0. The summed E-state index contributed by atoms with van der Waals surface area (Å²) in [5.41, 5.74) is 0.811. The van der Waals surface area contributed by atoms with E-state index in [2.05, 4.69) is 15.6 Å². The third-order valence-electron chi connectivity index (χ3n) is 5.07. The third kappa shape index (κ3) is 9.38. The summed E-state index contributed by atoms with van der Waals surface area (Å²) in [4.78, 5) is 4.60. The molecule has 1 aliphatic heterocycles. The standard InChI is InChI=1S/C24H35N3O4.HI/c1-18(2)31-21-10-8-19(9-11-21)23(28)17-27-24(25-13-12-20-7-5-15-29-20)26-16-22-6-3-4-14-30-22;/h5,7-11,15,18,22-23,28H,3-4,6,12-14,16-17H2,1-2H3,(H2,25,26,27);1H. The Morgan fingerprint density at radius 1 is 1.19 bits per heavy atom. The zero-order valence-corrected chi connectivity index (χ0v) is 21.3. The Morgan fingerprint density at radius 3 is 2.66 bits per heavy atom. The first-order valence-electron chi connectivity index (χ1n) is 11.2. The van der Waals surface area contributed by atoms with Crippen LogP contribution in [0.25, 0.3) is 0 Å². The van der Waals surface area contributed by atoms with Crippen LogP contribution in [0.2, 0.25) is 0 Å². The van der Waals surface area contributed by atoms with Crippen molar-refractivity contribution in [1.82, 2.24) is 10.6 Å². The van der Waals surface area contributed by atoms with E-state index < -0.39 is 6.10 Å². The zero-order valence-electron chi connectivity index (χ0n) is 19.0. The zero-order chi connectivity index (χ0) is 21.9. The molecule has 3 N–H and O–H groups in total. The molecule has 1 fully saturated rings. The molecule has 0 spiro atoms. The molecule has 1 aromatic heterocycles. The lowest BCUT2D eigenvalue weighted by Gasteiger charge is -2.24. The first kappa shape index (κ1) is 26.5. The fraction of sp³-hybridized carbons (Fsp3) is 0.542. The quantitative estimate of drug-likeness (QED) is 0.232. The van der Waals surface area contributed by atoms with Crippen molar-refractivity contribution >= 4 is 29.9 Å². The topological polar surface area (TPSA) is 88.3 Å². The van der Waals surface area contributed by atoms with Crippen LogP contribution in [-0.2, 0) is 11.2 Å². The largest absolute Gasteiger partial charge is 0.491 e. The summed E-state index contributed by atoms with van der Waals surface area (Å²) in [5.74, 6) is 2.38. The van der Waals surface area contributed by atoms with Crippen molar-refractivity contribution in [1.29, 1.82) is 0 Å². The molecule has 1 aromatic carbocycles. The molecule has 2 atom stereocenters. The van der Waals surface area contributed by atoms with Crippen molar-refractivity contribution in [2.24, 2.45) is 4.99 Å². The van der Waals surface area contributed by atoms with Gasteiger partial charge in [-0.1, -0.05) is 12.1 Å². The molecule has 178 valence electrons. The van der Waals surface area contributed by atoms with Gasteiger partial charge in [-0.15, -0.1) is 24.0 Å². The maximum atomic E-state index is 10.6. The second kappa shape index (κ2) is 14.4. The van der Waals surface area contributed by atoms with Crippen molar-refractivity contribution in [2.75, 3.05) is 26.2 Å². The Morgan fingerprint density at radius 2 is 2.00 bits per heavy atom. The van der Waals surface area contributed by atoms with Crippen LogP contribution < -0.4 is 15.4 Å².